The summed E-state index contributed by atoms with van der Waals surface area (Å²) in [6, 6.07) is 1.81. The van der Waals surface area contributed by atoms with Crippen molar-refractivity contribution in [3.8, 4) is 5.88 Å². The third-order valence-corrected chi connectivity index (χ3v) is 3.33. The summed E-state index contributed by atoms with van der Waals surface area (Å²) in [5, 5.41) is 3.32. The highest BCUT2D eigenvalue weighted by Gasteiger charge is 2.05. The topological polar surface area (TPSA) is 59.5 Å². The quantitative estimate of drug-likeness (QED) is 0.632. The summed E-state index contributed by atoms with van der Waals surface area (Å²) >= 11 is 0. The number of hydrogen-bond acceptors (Lipinski definition) is 6. The van der Waals surface area contributed by atoms with Gasteiger partial charge in [0.05, 0.1) is 7.11 Å². The second-order valence-electron chi connectivity index (χ2n) is 4.81. The minimum Gasteiger partial charge on any atom is -0.481 e. The van der Waals surface area contributed by atoms with E-state index in [-0.39, 0.29) is 0 Å². The van der Waals surface area contributed by atoms with Crippen molar-refractivity contribution in [3.05, 3.63) is 11.9 Å². The Bertz CT molecular complexity index is 397. The molecule has 0 aliphatic heterocycles. The van der Waals surface area contributed by atoms with Crippen molar-refractivity contribution in [1.29, 1.82) is 0 Å². The number of ether oxygens (including phenoxy) is 2. The average Bonchev–Trinajstić information content (AvgIpc) is 2.51. The molecule has 1 heterocycles. The van der Waals surface area contributed by atoms with Crippen molar-refractivity contribution in [3.63, 3.8) is 0 Å². The Morgan fingerprint density at radius 3 is 2.52 bits per heavy atom. The first-order valence-electron chi connectivity index (χ1n) is 7.60. The normalized spacial score (nSPS) is 10.9. The first kappa shape index (κ1) is 17.7. The molecular formula is C15H28N4O2. The van der Waals surface area contributed by atoms with E-state index in [1.54, 1.807) is 14.2 Å². The van der Waals surface area contributed by atoms with Crippen molar-refractivity contribution < 1.29 is 9.47 Å². The van der Waals surface area contributed by atoms with E-state index in [9.17, 15) is 0 Å². The number of nitrogens with zero attached hydrogens (tertiary/aromatic N) is 3. The van der Waals surface area contributed by atoms with Gasteiger partial charge in [0.15, 0.2) is 5.82 Å². The lowest BCUT2D eigenvalue weighted by molar-refractivity contribution is 0.177. The molecule has 120 valence electrons. The number of hydrogen-bond donors (Lipinski definition) is 1. The summed E-state index contributed by atoms with van der Waals surface area (Å²) in [4.78, 5) is 11.1. The molecule has 0 aliphatic rings. The van der Waals surface area contributed by atoms with E-state index in [1.807, 2.05) is 6.07 Å². The summed E-state index contributed by atoms with van der Waals surface area (Å²) in [7, 11) is 3.23. The molecule has 1 aromatic heterocycles. The molecular weight excluding hydrogens is 268 g/mol. The van der Waals surface area contributed by atoms with Gasteiger partial charge in [-0.3, -0.25) is 0 Å². The fourth-order valence-corrected chi connectivity index (χ4v) is 2.08. The largest absolute Gasteiger partial charge is 0.481 e. The summed E-state index contributed by atoms with van der Waals surface area (Å²) < 4.78 is 10.2. The molecule has 0 atom stereocenters. The van der Waals surface area contributed by atoms with E-state index < -0.39 is 0 Å². The van der Waals surface area contributed by atoms with Crippen LogP contribution in [0.2, 0.25) is 0 Å². The molecule has 0 fully saturated rings. The van der Waals surface area contributed by atoms with Crippen molar-refractivity contribution in [2.75, 3.05) is 45.7 Å². The standard InChI is InChI=1S/C15H28N4O2/c1-5-19(6-2)10-8-7-9-16-13-11-15(21-4)18-14(17-13)12-20-3/h11H,5-10,12H2,1-4H3,(H,16,17,18). The van der Waals surface area contributed by atoms with Crippen LogP contribution in [0, 0.1) is 0 Å². The monoisotopic (exact) mass is 296 g/mol. The van der Waals surface area contributed by atoms with Gasteiger partial charge < -0.3 is 19.7 Å². The van der Waals surface area contributed by atoms with Crippen LogP contribution < -0.4 is 10.1 Å². The minimum absolute atomic E-state index is 0.383. The lowest BCUT2D eigenvalue weighted by Gasteiger charge is -2.17. The van der Waals surface area contributed by atoms with Crippen molar-refractivity contribution in [1.82, 2.24) is 14.9 Å². The van der Waals surface area contributed by atoms with Crippen LogP contribution in [0.1, 0.15) is 32.5 Å². The second-order valence-corrected chi connectivity index (χ2v) is 4.81. The van der Waals surface area contributed by atoms with Crippen LogP contribution in [0.25, 0.3) is 0 Å². The smallest absolute Gasteiger partial charge is 0.218 e. The minimum atomic E-state index is 0.383. The molecule has 0 aliphatic carbocycles. The molecule has 6 nitrogen and oxygen atoms in total. The number of nitrogens with one attached hydrogen (secondary N) is 1. The highest BCUT2D eigenvalue weighted by atomic mass is 16.5. The van der Waals surface area contributed by atoms with Crippen molar-refractivity contribution >= 4 is 5.82 Å². The van der Waals surface area contributed by atoms with Crippen LogP contribution in [0.4, 0.5) is 5.82 Å². The zero-order valence-corrected chi connectivity index (χ0v) is 13.7. The number of unbranched alkanes of at least 4 members (excludes halogenated alkanes) is 1. The Morgan fingerprint density at radius 2 is 1.90 bits per heavy atom. The van der Waals surface area contributed by atoms with E-state index in [1.165, 1.54) is 6.42 Å². The highest BCUT2D eigenvalue weighted by molar-refractivity contribution is 5.38. The lowest BCUT2D eigenvalue weighted by Crippen LogP contribution is -2.24. The van der Waals surface area contributed by atoms with Crippen LogP contribution in [0.5, 0.6) is 5.88 Å². The molecule has 0 saturated carbocycles. The molecule has 0 saturated heterocycles. The number of aromatic nitrogens is 2. The fraction of sp³-hybridized carbons (Fsp3) is 0.733. The van der Waals surface area contributed by atoms with Gasteiger partial charge in [-0.1, -0.05) is 13.8 Å². The van der Waals surface area contributed by atoms with Gasteiger partial charge in [-0.05, 0) is 32.5 Å². The van der Waals surface area contributed by atoms with Gasteiger partial charge in [-0.2, -0.15) is 4.98 Å². The van der Waals surface area contributed by atoms with Crippen LogP contribution in [-0.4, -0.2) is 55.3 Å². The Balaban J connectivity index is 2.38. The van der Waals surface area contributed by atoms with Gasteiger partial charge >= 0.3 is 0 Å². The Hall–Kier alpha value is -1.40. The van der Waals surface area contributed by atoms with Gasteiger partial charge in [0.25, 0.3) is 0 Å². The molecule has 1 N–H and O–H groups in total. The maximum absolute atomic E-state index is 5.18. The van der Waals surface area contributed by atoms with Gasteiger partial charge in [0, 0.05) is 19.7 Å². The molecule has 6 heteroatoms. The summed E-state index contributed by atoms with van der Waals surface area (Å²) in [5.74, 6) is 1.97. The van der Waals surface area contributed by atoms with E-state index in [0.717, 1.165) is 38.4 Å². The third kappa shape index (κ3) is 6.73. The first-order valence-corrected chi connectivity index (χ1v) is 7.60. The maximum Gasteiger partial charge on any atom is 0.218 e. The zero-order chi connectivity index (χ0) is 15.5. The van der Waals surface area contributed by atoms with E-state index >= 15 is 0 Å². The van der Waals surface area contributed by atoms with Crippen molar-refractivity contribution in [2.24, 2.45) is 0 Å². The SMILES string of the molecule is CCN(CC)CCCCNc1cc(OC)nc(COC)n1. The zero-order valence-electron chi connectivity index (χ0n) is 13.7. The van der Waals surface area contributed by atoms with Crippen LogP contribution >= 0.6 is 0 Å². The fourth-order valence-electron chi connectivity index (χ4n) is 2.08. The Morgan fingerprint density at radius 1 is 1.14 bits per heavy atom. The average molecular weight is 296 g/mol. The molecule has 0 spiro atoms. The predicted molar refractivity (Wildman–Crippen MR) is 84.8 cm³/mol. The number of methoxy groups -OCH3 is 2. The predicted octanol–water partition coefficient (Wildman–Crippen LogP) is 2.17. The van der Waals surface area contributed by atoms with Gasteiger partial charge in [-0.15, -0.1) is 0 Å². The van der Waals surface area contributed by atoms with Gasteiger partial charge in [0.2, 0.25) is 5.88 Å². The van der Waals surface area contributed by atoms with Crippen LogP contribution in [-0.2, 0) is 11.3 Å². The van der Waals surface area contributed by atoms with Crippen LogP contribution in [0.3, 0.4) is 0 Å². The third-order valence-electron chi connectivity index (χ3n) is 3.33. The number of rotatable bonds is 11. The summed E-state index contributed by atoms with van der Waals surface area (Å²) in [5.41, 5.74) is 0. The Labute approximate surface area is 127 Å². The Kier molecular flexibility index (Phi) is 8.69. The molecule has 0 unspecified atom stereocenters. The molecule has 1 rings (SSSR count). The van der Waals surface area contributed by atoms with Gasteiger partial charge in [-0.25, -0.2) is 4.98 Å². The molecule has 0 radical (unpaired) electrons. The molecule has 1 aromatic rings. The van der Waals surface area contributed by atoms with Crippen molar-refractivity contribution in [2.45, 2.75) is 33.3 Å². The molecule has 0 bridgehead atoms. The first-order chi connectivity index (χ1) is 10.2. The van der Waals surface area contributed by atoms with Crippen LogP contribution in [0.15, 0.2) is 6.07 Å². The van der Waals surface area contributed by atoms with E-state index in [4.69, 9.17) is 9.47 Å². The second kappa shape index (κ2) is 10.3. The molecule has 0 aromatic carbocycles. The van der Waals surface area contributed by atoms with E-state index in [0.29, 0.717) is 18.3 Å². The molecule has 0 amide bonds. The lowest BCUT2D eigenvalue weighted by atomic mass is 10.3. The van der Waals surface area contributed by atoms with E-state index in [2.05, 4.69) is 34.0 Å². The maximum atomic E-state index is 5.18. The summed E-state index contributed by atoms with van der Waals surface area (Å²) in [6.07, 6.45) is 2.30. The number of anilines is 1. The summed E-state index contributed by atoms with van der Waals surface area (Å²) in [6.45, 7) is 9.07. The molecule has 21 heavy (non-hydrogen) atoms. The van der Waals surface area contributed by atoms with Gasteiger partial charge in [0.1, 0.15) is 12.4 Å². The highest BCUT2D eigenvalue weighted by Crippen LogP contribution is 2.13.